The SMILES string of the molecule is CCN(C[C@H]1COc2ccccc2O1)C(=O)CN1CCN(c2cccc(C)c2C)CC1. The molecule has 2 aliphatic rings. The van der Waals surface area contributed by atoms with Gasteiger partial charge in [-0.2, -0.15) is 0 Å². The molecule has 4 rings (SSSR count). The lowest BCUT2D eigenvalue weighted by atomic mass is 10.1. The highest BCUT2D eigenvalue weighted by molar-refractivity contribution is 5.78. The molecule has 1 atom stereocenters. The molecule has 1 fully saturated rings. The Morgan fingerprint density at radius 2 is 1.77 bits per heavy atom. The second-order valence-electron chi connectivity index (χ2n) is 8.41. The molecule has 1 amide bonds. The number of piperazine rings is 1. The van der Waals surface area contributed by atoms with Crippen LogP contribution in [0.5, 0.6) is 11.5 Å². The Morgan fingerprint density at radius 3 is 2.52 bits per heavy atom. The predicted molar refractivity (Wildman–Crippen MR) is 123 cm³/mol. The molecule has 2 aromatic carbocycles. The Labute approximate surface area is 185 Å². The van der Waals surface area contributed by atoms with E-state index < -0.39 is 0 Å². The Kier molecular flexibility index (Phi) is 6.66. The molecular weight excluding hydrogens is 390 g/mol. The number of carbonyl (C=O) groups excluding carboxylic acids is 1. The summed E-state index contributed by atoms with van der Waals surface area (Å²) in [6.07, 6.45) is -0.139. The fraction of sp³-hybridized carbons (Fsp3) is 0.480. The van der Waals surface area contributed by atoms with Crippen LogP contribution in [0.4, 0.5) is 5.69 Å². The van der Waals surface area contributed by atoms with Gasteiger partial charge in [-0.15, -0.1) is 0 Å². The largest absolute Gasteiger partial charge is 0.486 e. The minimum absolute atomic E-state index is 0.139. The van der Waals surface area contributed by atoms with Gasteiger partial charge in [0.1, 0.15) is 6.61 Å². The van der Waals surface area contributed by atoms with E-state index in [1.165, 1.54) is 16.8 Å². The standard InChI is InChI=1S/C25H33N3O3/c1-4-27(16-21-18-30-23-10-5-6-11-24(23)31-21)25(29)17-26-12-14-28(15-13-26)22-9-7-8-19(2)20(22)3/h5-11,21H,4,12-18H2,1-3H3/t21-/m0/s1. The number of fused-ring (bicyclic) bond motifs is 1. The third kappa shape index (κ3) is 4.96. The summed E-state index contributed by atoms with van der Waals surface area (Å²) in [5, 5.41) is 0. The number of nitrogens with zero attached hydrogens (tertiary/aromatic N) is 3. The summed E-state index contributed by atoms with van der Waals surface area (Å²) in [7, 11) is 0. The van der Waals surface area contributed by atoms with Crippen LogP contribution in [0.2, 0.25) is 0 Å². The molecule has 0 aliphatic carbocycles. The van der Waals surface area contributed by atoms with Gasteiger partial charge in [0.25, 0.3) is 0 Å². The molecule has 0 bridgehead atoms. The molecule has 0 N–H and O–H groups in total. The molecule has 0 unspecified atom stereocenters. The summed E-state index contributed by atoms with van der Waals surface area (Å²) in [6, 6.07) is 14.2. The monoisotopic (exact) mass is 423 g/mol. The van der Waals surface area contributed by atoms with Crippen molar-refractivity contribution in [1.82, 2.24) is 9.80 Å². The highest BCUT2D eigenvalue weighted by atomic mass is 16.6. The van der Waals surface area contributed by atoms with Crippen LogP contribution in [0.3, 0.4) is 0 Å². The van der Waals surface area contributed by atoms with Gasteiger partial charge in [-0.1, -0.05) is 24.3 Å². The summed E-state index contributed by atoms with van der Waals surface area (Å²) in [6.45, 7) is 12.2. The highest BCUT2D eigenvalue weighted by Crippen LogP contribution is 2.31. The second kappa shape index (κ2) is 9.60. The van der Waals surface area contributed by atoms with E-state index in [9.17, 15) is 4.79 Å². The molecule has 166 valence electrons. The first-order valence-electron chi connectivity index (χ1n) is 11.2. The number of likely N-dealkylation sites (N-methyl/N-ethyl adjacent to an activating group) is 1. The van der Waals surface area contributed by atoms with Crippen molar-refractivity contribution in [2.45, 2.75) is 26.9 Å². The number of rotatable bonds is 6. The number of para-hydroxylation sites is 2. The second-order valence-corrected chi connectivity index (χ2v) is 8.41. The summed E-state index contributed by atoms with van der Waals surface area (Å²) in [4.78, 5) is 19.6. The number of hydrogen-bond donors (Lipinski definition) is 0. The van der Waals surface area contributed by atoms with Crippen molar-refractivity contribution >= 4 is 11.6 Å². The summed E-state index contributed by atoms with van der Waals surface area (Å²) >= 11 is 0. The van der Waals surface area contributed by atoms with Gasteiger partial charge in [0.05, 0.1) is 13.1 Å². The molecule has 0 radical (unpaired) electrons. The number of hydrogen-bond acceptors (Lipinski definition) is 5. The molecule has 2 aromatic rings. The number of amides is 1. The third-order valence-corrected chi connectivity index (χ3v) is 6.37. The average molecular weight is 424 g/mol. The fourth-order valence-corrected chi connectivity index (χ4v) is 4.32. The molecular formula is C25H33N3O3. The van der Waals surface area contributed by atoms with Crippen LogP contribution in [0.1, 0.15) is 18.1 Å². The summed E-state index contributed by atoms with van der Waals surface area (Å²) in [5.74, 6) is 1.69. The van der Waals surface area contributed by atoms with E-state index in [1.54, 1.807) is 0 Å². The Bertz CT molecular complexity index is 909. The van der Waals surface area contributed by atoms with Crippen LogP contribution in [-0.2, 0) is 4.79 Å². The van der Waals surface area contributed by atoms with Gasteiger partial charge in [-0.3, -0.25) is 9.69 Å². The van der Waals surface area contributed by atoms with Crippen LogP contribution in [0.15, 0.2) is 42.5 Å². The van der Waals surface area contributed by atoms with E-state index in [0.29, 0.717) is 26.2 Å². The topological polar surface area (TPSA) is 45.3 Å². The Morgan fingerprint density at radius 1 is 1.03 bits per heavy atom. The van der Waals surface area contributed by atoms with Gasteiger partial charge >= 0.3 is 0 Å². The van der Waals surface area contributed by atoms with E-state index in [0.717, 1.165) is 37.7 Å². The van der Waals surface area contributed by atoms with Gasteiger partial charge in [-0.05, 0) is 50.1 Å². The van der Waals surface area contributed by atoms with Crippen molar-refractivity contribution in [1.29, 1.82) is 0 Å². The summed E-state index contributed by atoms with van der Waals surface area (Å²) < 4.78 is 11.9. The zero-order valence-electron chi connectivity index (χ0n) is 18.8. The summed E-state index contributed by atoms with van der Waals surface area (Å²) in [5.41, 5.74) is 3.99. The van der Waals surface area contributed by atoms with E-state index in [-0.39, 0.29) is 12.0 Å². The first kappa shape index (κ1) is 21.5. The van der Waals surface area contributed by atoms with Gasteiger partial charge in [-0.25, -0.2) is 0 Å². The molecule has 2 heterocycles. The Hall–Kier alpha value is -2.73. The lowest BCUT2D eigenvalue weighted by Crippen LogP contribution is -2.51. The first-order valence-corrected chi connectivity index (χ1v) is 11.2. The zero-order valence-corrected chi connectivity index (χ0v) is 18.8. The van der Waals surface area contributed by atoms with E-state index >= 15 is 0 Å². The zero-order chi connectivity index (χ0) is 21.8. The van der Waals surface area contributed by atoms with Crippen molar-refractivity contribution in [3.63, 3.8) is 0 Å². The minimum atomic E-state index is -0.139. The number of ether oxygens (including phenoxy) is 2. The van der Waals surface area contributed by atoms with Crippen LogP contribution >= 0.6 is 0 Å². The average Bonchev–Trinajstić information content (AvgIpc) is 2.79. The Balaban J connectivity index is 1.28. The van der Waals surface area contributed by atoms with Crippen molar-refractivity contribution in [3.8, 4) is 11.5 Å². The van der Waals surface area contributed by atoms with Crippen LogP contribution in [-0.4, -0.2) is 74.2 Å². The number of aryl methyl sites for hydroxylation is 1. The minimum Gasteiger partial charge on any atom is -0.486 e. The molecule has 0 spiro atoms. The highest BCUT2D eigenvalue weighted by Gasteiger charge is 2.27. The quantitative estimate of drug-likeness (QED) is 0.714. The molecule has 2 aliphatic heterocycles. The van der Waals surface area contributed by atoms with Crippen LogP contribution < -0.4 is 14.4 Å². The fourth-order valence-electron chi connectivity index (χ4n) is 4.32. The van der Waals surface area contributed by atoms with Gasteiger partial charge < -0.3 is 19.3 Å². The molecule has 0 saturated carbocycles. The molecule has 1 saturated heterocycles. The van der Waals surface area contributed by atoms with Crippen molar-refractivity contribution in [3.05, 3.63) is 53.6 Å². The maximum absolute atomic E-state index is 13.0. The van der Waals surface area contributed by atoms with E-state index in [2.05, 4.69) is 41.8 Å². The van der Waals surface area contributed by atoms with Crippen molar-refractivity contribution < 1.29 is 14.3 Å². The smallest absolute Gasteiger partial charge is 0.236 e. The number of anilines is 1. The molecule has 6 heteroatoms. The number of benzene rings is 2. The van der Waals surface area contributed by atoms with Crippen molar-refractivity contribution in [2.75, 3.05) is 57.3 Å². The van der Waals surface area contributed by atoms with Crippen LogP contribution in [0.25, 0.3) is 0 Å². The molecule has 31 heavy (non-hydrogen) atoms. The maximum Gasteiger partial charge on any atom is 0.236 e. The van der Waals surface area contributed by atoms with Crippen molar-refractivity contribution in [2.24, 2.45) is 0 Å². The van der Waals surface area contributed by atoms with Gasteiger partial charge in [0.15, 0.2) is 17.6 Å². The maximum atomic E-state index is 13.0. The van der Waals surface area contributed by atoms with Gasteiger partial charge in [0, 0.05) is 38.4 Å². The van der Waals surface area contributed by atoms with Crippen LogP contribution in [0, 0.1) is 13.8 Å². The lowest BCUT2D eigenvalue weighted by Gasteiger charge is -2.38. The lowest BCUT2D eigenvalue weighted by molar-refractivity contribution is -0.133. The molecule has 0 aromatic heterocycles. The normalized spacial score (nSPS) is 18.7. The molecule has 6 nitrogen and oxygen atoms in total. The van der Waals surface area contributed by atoms with Gasteiger partial charge in [0.2, 0.25) is 5.91 Å². The van der Waals surface area contributed by atoms with E-state index in [4.69, 9.17) is 9.47 Å². The van der Waals surface area contributed by atoms with E-state index in [1.807, 2.05) is 36.1 Å². The first-order chi connectivity index (χ1) is 15.0. The predicted octanol–water partition coefficient (Wildman–Crippen LogP) is 3.11. The third-order valence-electron chi connectivity index (χ3n) is 6.37. The number of carbonyl (C=O) groups is 1.